The number of para-hydroxylation sites is 1. The van der Waals surface area contributed by atoms with Crippen molar-refractivity contribution in [1.29, 1.82) is 0 Å². The van der Waals surface area contributed by atoms with E-state index < -0.39 is 0 Å². The summed E-state index contributed by atoms with van der Waals surface area (Å²) in [4.78, 5) is 16.6. The molecule has 1 heterocycles. The van der Waals surface area contributed by atoms with Gasteiger partial charge in [-0.25, -0.2) is 4.98 Å². The SMILES string of the molecule is CC(C)c1ccccc1NC(=O)c1ccc(NC2CC2)cn1. The second-order valence-corrected chi connectivity index (χ2v) is 6.05. The fraction of sp³-hybridized carbons (Fsp3) is 0.333. The van der Waals surface area contributed by atoms with Crippen molar-refractivity contribution in [3.05, 3.63) is 53.9 Å². The number of pyridine rings is 1. The fourth-order valence-electron chi connectivity index (χ4n) is 2.38. The molecule has 2 aromatic rings. The van der Waals surface area contributed by atoms with E-state index in [0.717, 1.165) is 16.9 Å². The first-order valence-corrected chi connectivity index (χ1v) is 7.76. The van der Waals surface area contributed by atoms with Gasteiger partial charge >= 0.3 is 0 Å². The van der Waals surface area contributed by atoms with Gasteiger partial charge in [0.2, 0.25) is 0 Å². The molecule has 114 valence electrons. The van der Waals surface area contributed by atoms with Crippen LogP contribution in [0.1, 0.15) is 48.7 Å². The van der Waals surface area contributed by atoms with Crippen molar-refractivity contribution < 1.29 is 4.79 Å². The van der Waals surface area contributed by atoms with E-state index in [2.05, 4.69) is 29.5 Å². The maximum absolute atomic E-state index is 12.3. The number of hydrogen-bond acceptors (Lipinski definition) is 3. The number of carbonyl (C=O) groups is 1. The molecule has 0 bridgehead atoms. The van der Waals surface area contributed by atoms with Crippen molar-refractivity contribution in [3.8, 4) is 0 Å². The molecule has 4 heteroatoms. The topological polar surface area (TPSA) is 54.0 Å². The maximum atomic E-state index is 12.3. The number of nitrogens with one attached hydrogen (secondary N) is 2. The van der Waals surface area contributed by atoms with Crippen molar-refractivity contribution in [2.24, 2.45) is 0 Å². The Morgan fingerprint density at radius 2 is 1.95 bits per heavy atom. The molecule has 1 amide bonds. The fourth-order valence-corrected chi connectivity index (χ4v) is 2.38. The number of anilines is 2. The summed E-state index contributed by atoms with van der Waals surface area (Å²) >= 11 is 0. The molecule has 0 atom stereocenters. The summed E-state index contributed by atoms with van der Waals surface area (Å²) in [5, 5.41) is 6.32. The van der Waals surface area contributed by atoms with Crippen LogP contribution in [0.4, 0.5) is 11.4 Å². The summed E-state index contributed by atoms with van der Waals surface area (Å²) in [6.07, 6.45) is 4.16. The Balaban J connectivity index is 1.71. The molecule has 0 aliphatic heterocycles. The first kappa shape index (κ1) is 14.6. The predicted octanol–water partition coefficient (Wildman–Crippen LogP) is 4.03. The highest BCUT2D eigenvalue weighted by molar-refractivity contribution is 6.03. The molecular formula is C18H21N3O. The van der Waals surface area contributed by atoms with Gasteiger partial charge in [-0.3, -0.25) is 4.79 Å². The van der Waals surface area contributed by atoms with E-state index in [1.54, 1.807) is 12.3 Å². The van der Waals surface area contributed by atoms with E-state index in [4.69, 9.17) is 0 Å². The number of carbonyl (C=O) groups excluding carboxylic acids is 1. The van der Waals surface area contributed by atoms with Gasteiger partial charge in [0, 0.05) is 11.7 Å². The molecule has 1 aliphatic carbocycles. The Morgan fingerprint density at radius 3 is 2.59 bits per heavy atom. The van der Waals surface area contributed by atoms with Crippen LogP contribution in [0.5, 0.6) is 0 Å². The Bertz CT molecular complexity index is 660. The van der Waals surface area contributed by atoms with E-state index in [1.165, 1.54) is 12.8 Å². The second-order valence-electron chi connectivity index (χ2n) is 6.05. The van der Waals surface area contributed by atoms with Gasteiger partial charge < -0.3 is 10.6 Å². The van der Waals surface area contributed by atoms with Crippen molar-refractivity contribution in [2.45, 2.75) is 38.6 Å². The van der Waals surface area contributed by atoms with E-state index >= 15 is 0 Å². The molecule has 22 heavy (non-hydrogen) atoms. The highest BCUT2D eigenvalue weighted by Crippen LogP contribution is 2.25. The van der Waals surface area contributed by atoms with Crippen LogP contribution < -0.4 is 10.6 Å². The molecule has 0 spiro atoms. The zero-order valence-corrected chi connectivity index (χ0v) is 13.0. The average molecular weight is 295 g/mol. The standard InChI is InChI=1S/C18H21N3O/c1-12(2)15-5-3-4-6-16(15)21-18(22)17-10-9-14(11-19-17)20-13-7-8-13/h3-6,9-13,20H,7-8H2,1-2H3,(H,21,22). The second kappa shape index (κ2) is 6.18. The minimum absolute atomic E-state index is 0.175. The van der Waals surface area contributed by atoms with Crippen LogP contribution in [-0.4, -0.2) is 16.9 Å². The molecule has 0 saturated heterocycles. The van der Waals surface area contributed by atoms with Crippen molar-refractivity contribution >= 4 is 17.3 Å². The predicted molar refractivity (Wildman–Crippen MR) is 89.4 cm³/mol. The molecule has 1 aromatic heterocycles. The molecule has 1 aliphatic rings. The number of benzene rings is 1. The Hall–Kier alpha value is -2.36. The minimum Gasteiger partial charge on any atom is -0.381 e. The van der Waals surface area contributed by atoms with E-state index in [9.17, 15) is 4.79 Å². The van der Waals surface area contributed by atoms with Crippen LogP contribution in [0.25, 0.3) is 0 Å². The molecule has 3 rings (SSSR count). The smallest absolute Gasteiger partial charge is 0.274 e. The molecule has 1 aromatic carbocycles. The number of nitrogens with zero attached hydrogens (tertiary/aromatic N) is 1. The number of hydrogen-bond donors (Lipinski definition) is 2. The Kier molecular flexibility index (Phi) is 4.09. The molecule has 1 saturated carbocycles. The van der Waals surface area contributed by atoms with Crippen LogP contribution in [-0.2, 0) is 0 Å². The molecule has 1 fully saturated rings. The lowest BCUT2D eigenvalue weighted by atomic mass is 10.0. The first-order valence-electron chi connectivity index (χ1n) is 7.76. The lowest BCUT2D eigenvalue weighted by Gasteiger charge is -2.13. The normalized spacial score (nSPS) is 14.0. The van der Waals surface area contributed by atoms with Gasteiger partial charge in [0.1, 0.15) is 5.69 Å². The monoisotopic (exact) mass is 295 g/mol. The average Bonchev–Trinajstić information content (AvgIpc) is 3.32. The number of aromatic nitrogens is 1. The summed E-state index contributed by atoms with van der Waals surface area (Å²) in [5.74, 6) is 0.181. The molecule has 2 N–H and O–H groups in total. The molecule has 0 unspecified atom stereocenters. The van der Waals surface area contributed by atoms with Gasteiger partial charge in [0.25, 0.3) is 5.91 Å². The van der Waals surface area contributed by atoms with Crippen LogP contribution in [0, 0.1) is 0 Å². The highest BCUT2D eigenvalue weighted by atomic mass is 16.1. The van der Waals surface area contributed by atoms with Crippen LogP contribution in [0.3, 0.4) is 0 Å². The summed E-state index contributed by atoms with van der Waals surface area (Å²) in [7, 11) is 0. The van der Waals surface area contributed by atoms with E-state index in [1.807, 2.05) is 30.3 Å². The van der Waals surface area contributed by atoms with Crippen LogP contribution in [0.2, 0.25) is 0 Å². The van der Waals surface area contributed by atoms with E-state index in [0.29, 0.717) is 17.7 Å². The summed E-state index contributed by atoms with van der Waals surface area (Å²) in [6, 6.07) is 12.1. The van der Waals surface area contributed by atoms with Gasteiger partial charge in [0.05, 0.1) is 11.9 Å². The highest BCUT2D eigenvalue weighted by Gasteiger charge is 2.21. The third-order valence-corrected chi connectivity index (χ3v) is 3.78. The van der Waals surface area contributed by atoms with Crippen LogP contribution in [0.15, 0.2) is 42.6 Å². The first-order chi connectivity index (χ1) is 10.6. The maximum Gasteiger partial charge on any atom is 0.274 e. The number of rotatable bonds is 5. The lowest BCUT2D eigenvalue weighted by Crippen LogP contribution is -2.15. The zero-order chi connectivity index (χ0) is 15.5. The Morgan fingerprint density at radius 1 is 1.18 bits per heavy atom. The van der Waals surface area contributed by atoms with Gasteiger partial charge in [0.15, 0.2) is 0 Å². The van der Waals surface area contributed by atoms with Gasteiger partial charge in [-0.1, -0.05) is 32.0 Å². The summed E-state index contributed by atoms with van der Waals surface area (Å²) in [6.45, 7) is 4.23. The number of amides is 1. The third-order valence-electron chi connectivity index (χ3n) is 3.78. The van der Waals surface area contributed by atoms with E-state index in [-0.39, 0.29) is 5.91 Å². The molecular weight excluding hydrogens is 274 g/mol. The van der Waals surface area contributed by atoms with Crippen LogP contribution >= 0.6 is 0 Å². The minimum atomic E-state index is -0.175. The van der Waals surface area contributed by atoms with Gasteiger partial charge in [-0.15, -0.1) is 0 Å². The third kappa shape index (κ3) is 3.45. The van der Waals surface area contributed by atoms with Crippen molar-refractivity contribution in [3.63, 3.8) is 0 Å². The van der Waals surface area contributed by atoms with Crippen molar-refractivity contribution in [2.75, 3.05) is 10.6 Å². The summed E-state index contributed by atoms with van der Waals surface area (Å²) in [5.41, 5.74) is 3.38. The summed E-state index contributed by atoms with van der Waals surface area (Å²) < 4.78 is 0. The zero-order valence-electron chi connectivity index (χ0n) is 13.0. The largest absolute Gasteiger partial charge is 0.381 e. The quantitative estimate of drug-likeness (QED) is 0.875. The van der Waals surface area contributed by atoms with Gasteiger partial charge in [-0.2, -0.15) is 0 Å². The lowest BCUT2D eigenvalue weighted by molar-refractivity contribution is 0.102. The van der Waals surface area contributed by atoms with Crippen molar-refractivity contribution in [1.82, 2.24) is 4.98 Å². The van der Waals surface area contributed by atoms with Gasteiger partial charge in [-0.05, 0) is 42.5 Å². The molecule has 4 nitrogen and oxygen atoms in total. The Labute approximate surface area is 131 Å². The molecule has 0 radical (unpaired) electrons.